The van der Waals surface area contributed by atoms with Crippen molar-refractivity contribution in [3.63, 3.8) is 0 Å². The molecule has 1 N–H and O–H groups in total. The fourth-order valence-electron chi connectivity index (χ4n) is 0.692. The van der Waals surface area contributed by atoms with Gasteiger partial charge in [0.1, 0.15) is 0 Å². The average molecular weight is 189 g/mol. The van der Waals surface area contributed by atoms with Crippen LogP contribution in [0.1, 0.15) is 11.8 Å². The van der Waals surface area contributed by atoms with Crippen LogP contribution in [0.25, 0.3) is 6.08 Å². The van der Waals surface area contributed by atoms with E-state index < -0.39 is 0 Å². The summed E-state index contributed by atoms with van der Waals surface area (Å²) in [6, 6.07) is 1.88. The van der Waals surface area contributed by atoms with Gasteiger partial charge in [0.25, 0.3) is 0 Å². The summed E-state index contributed by atoms with van der Waals surface area (Å²) in [5.41, 5.74) is 0.948. The standard InChI is InChI=1S/C8H9ClOS/c1-6(4-10)2-8-3-7(9)5-11-8/h2-3,5,10H,4H2,1H3. The van der Waals surface area contributed by atoms with Crippen molar-refractivity contribution in [3.8, 4) is 0 Å². The molecule has 0 saturated carbocycles. The van der Waals surface area contributed by atoms with Gasteiger partial charge in [0, 0.05) is 10.3 Å². The topological polar surface area (TPSA) is 20.2 Å². The molecule has 0 radical (unpaired) electrons. The van der Waals surface area contributed by atoms with Gasteiger partial charge in [-0.05, 0) is 24.6 Å². The number of aliphatic hydroxyl groups excluding tert-OH is 1. The molecule has 0 saturated heterocycles. The van der Waals surface area contributed by atoms with Crippen molar-refractivity contribution < 1.29 is 5.11 Å². The predicted octanol–water partition coefficient (Wildman–Crippen LogP) is 2.80. The van der Waals surface area contributed by atoms with E-state index in [0.717, 1.165) is 15.5 Å². The molecular formula is C8H9ClOS. The molecule has 0 aliphatic heterocycles. The van der Waals surface area contributed by atoms with Gasteiger partial charge in [-0.1, -0.05) is 11.6 Å². The van der Waals surface area contributed by atoms with Crippen LogP contribution in [0.2, 0.25) is 5.02 Å². The Hall–Kier alpha value is -0.310. The van der Waals surface area contributed by atoms with Crippen LogP contribution in [-0.2, 0) is 0 Å². The van der Waals surface area contributed by atoms with Gasteiger partial charge in [0.2, 0.25) is 0 Å². The molecule has 0 aromatic carbocycles. The number of hydrogen-bond acceptors (Lipinski definition) is 2. The quantitative estimate of drug-likeness (QED) is 0.757. The molecule has 1 heterocycles. The lowest BCUT2D eigenvalue weighted by molar-refractivity contribution is 0.332. The van der Waals surface area contributed by atoms with Crippen LogP contribution in [0.3, 0.4) is 0 Å². The molecular weight excluding hydrogens is 180 g/mol. The largest absolute Gasteiger partial charge is 0.392 e. The molecule has 0 fully saturated rings. The monoisotopic (exact) mass is 188 g/mol. The minimum Gasteiger partial charge on any atom is -0.392 e. The molecule has 0 spiro atoms. The lowest BCUT2D eigenvalue weighted by Gasteiger charge is -1.90. The third-order valence-electron chi connectivity index (χ3n) is 1.23. The Morgan fingerprint density at radius 2 is 2.55 bits per heavy atom. The normalized spacial score (nSPS) is 12.1. The Morgan fingerprint density at radius 1 is 1.82 bits per heavy atom. The van der Waals surface area contributed by atoms with Crippen LogP contribution in [0.15, 0.2) is 17.0 Å². The van der Waals surface area contributed by atoms with Crippen molar-refractivity contribution in [3.05, 3.63) is 26.9 Å². The van der Waals surface area contributed by atoms with Gasteiger partial charge < -0.3 is 5.11 Å². The van der Waals surface area contributed by atoms with E-state index in [1.165, 1.54) is 0 Å². The molecule has 1 nitrogen and oxygen atoms in total. The van der Waals surface area contributed by atoms with Crippen LogP contribution in [0, 0.1) is 0 Å². The predicted molar refractivity (Wildman–Crippen MR) is 50.1 cm³/mol. The van der Waals surface area contributed by atoms with E-state index in [2.05, 4.69) is 0 Å². The molecule has 0 unspecified atom stereocenters. The second-order valence-corrected chi connectivity index (χ2v) is 3.70. The lowest BCUT2D eigenvalue weighted by Crippen LogP contribution is -1.81. The summed E-state index contributed by atoms with van der Waals surface area (Å²) in [5, 5.41) is 11.3. The first-order valence-corrected chi connectivity index (χ1v) is 4.50. The second kappa shape index (κ2) is 3.90. The maximum atomic E-state index is 8.71. The first-order valence-electron chi connectivity index (χ1n) is 3.24. The molecule has 60 valence electrons. The van der Waals surface area contributed by atoms with E-state index in [-0.39, 0.29) is 6.61 Å². The Labute approximate surface area is 74.9 Å². The van der Waals surface area contributed by atoms with Gasteiger partial charge in [0.05, 0.1) is 11.6 Å². The first-order chi connectivity index (χ1) is 5.22. The fourth-order valence-corrected chi connectivity index (χ4v) is 1.79. The highest BCUT2D eigenvalue weighted by molar-refractivity contribution is 7.11. The highest BCUT2D eigenvalue weighted by atomic mass is 35.5. The Bertz CT molecular complexity index is 265. The number of halogens is 1. The molecule has 0 amide bonds. The smallest absolute Gasteiger partial charge is 0.0642 e. The Balaban J connectivity index is 2.78. The van der Waals surface area contributed by atoms with Crippen molar-refractivity contribution in [1.29, 1.82) is 0 Å². The number of rotatable bonds is 2. The van der Waals surface area contributed by atoms with Gasteiger partial charge in [-0.2, -0.15) is 0 Å². The van der Waals surface area contributed by atoms with Gasteiger partial charge >= 0.3 is 0 Å². The summed E-state index contributed by atoms with van der Waals surface area (Å²) in [6.45, 7) is 1.99. The number of thiophene rings is 1. The second-order valence-electron chi connectivity index (χ2n) is 2.32. The minimum absolute atomic E-state index is 0.107. The van der Waals surface area contributed by atoms with Crippen LogP contribution >= 0.6 is 22.9 Å². The molecule has 0 aliphatic rings. The zero-order valence-corrected chi connectivity index (χ0v) is 7.75. The molecule has 0 aliphatic carbocycles. The summed E-state index contributed by atoms with van der Waals surface area (Å²) in [5.74, 6) is 0. The van der Waals surface area contributed by atoms with Gasteiger partial charge in [-0.3, -0.25) is 0 Å². The van der Waals surface area contributed by atoms with E-state index in [4.69, 9.17) is 16.7 Å². The first kappa shape index (κ1) is 8.78. The maximum Gasteiger partial charge on any atom is 0.0642 e. The van der Waals surface area contributed by atoms with Crippen molar-refractivity contribution in [2.75, 3.05) is 6.61 Å². The van der Waals surface area contributed by atoms with Crippen molar-refractivity contribution in [2.24, 2.45) is 0 Å². The van der Waals surface area contributed by atoms with Crippen LogP contribution in [-0.4, -0.2) is 11.7 Å². The van der Waals surface area contributed by atoms with Gasteiger partial charge in [0.15, 0.2) is 0 Å². The minimum atomic E-state index is 0.107. The SMILES string of the molecule is CC(=Cc1cc(Cl)cs1)CO. The van der Waals surface area contributed by atoms with Crippen LogP contribution in [0.5, 0.6) is 0 Å². The average Bonchev–Trinajstić information content (AvgIpc) is 2.35. The summed E-state index contributed by atoms with van der Waals surface area (Å²) < 4.78 is 0. The molecule has 1 aromatic rings. The Morgan fingerprint density at radius 3 is 3.00 bits per heavy atom. The third kappa shape index (κ3) is 2.66. The Kier molecular flexibility index (Phi) is 3.12. The zero-order valence-electron chi connectivity index (χ0n) is 6.17. The van der Waals surface area contributed by atoms with Crippen molar-refractivity contribution >= 4 is 29.0 Å². The van der Waals surface area contributed by atoms with E-state index in [1.807, 2.05) is 24.4 Å². The van der Waals surface area contributed by atoms with Crippen LogP contribution in [0.4, 0.5) is 0 Å². The summed E-state index contributed by atoms with van der Waals surface area (Å²) in [7, 11) is 0. The van der Waals surface area contributed by atoms with Gasteiger partial charge in [-0.25, -0.2) is 0 Å². The van der Waals surface area contributed by atoms with E-state index >= 15 is 0 Å². The number of aliphatic hydroxyl groups is 1. The number of hydrogen-bond donors (Lipinski definition) is 1. The maximum absolute atomic E-state index is 8.71. The summed E-state index contributed by atoms with van der Waals surface area (Å²) in [6.07, 6.45) is 1.93. The van der Waals surface area contributed by atoms with E-state index in [9.17, 15) is 0 Å². The molecule has 3 heteroatoms. The third-order valence-corrected chi connectivity index (χ3v) is 2.45. The van der Waals surface area contributed by atoms with Crippen molar-refractivity contribution in [2.45, 2.75) is 6.92 Å². The fraction of sp³-hybridized carbons (Fsp3) is 0.250. The lowest BCUT2D eigenvalue weighted by atomic mass is 10.3. The summed E-state index contributed by atoms with van der Waals surface area (Å²) in [4.78, 5) is 1.08. The van der Waals surface area contributed by atoms with E-state index in [0.29, 0.717) is 0 Å². The molecule has 11 heavy (non-hydrogen) atoms. The highest BCUT2D eigenvalue weighted by Gasteiger charge is 1.93. The molecule has 0 bridgehead atoms. The highest BCUT2D eigenvalue weighted by Crippen LogP contribution is 2.21. The van der Waals surface area contributed by atoms with Crippen LogP contribution < -0.4 is 0 Å². The van der Waals surface area contributed by atoms with Crippen molar-refractivity contribution in [1.82, 2.24) is 0 Å². The molecule has 1 rings (SSSR count). The van der Waals surface area contributed by atoms with Gasteiger partial charge in [-0.15, -0.1) is 11.3 Å². The van der Waals surface area contributed by atoms with E-state index in [1.54, 1.807) is 11.3 Å². The zero-order chi connectivity index (χ0) is 8.27. The molecule has 1 aromatic heterocycles. The molecule has 0 atom stereocenters. The summed E-state index contributed by atoms with van der Waals surface area (Å²) >= 11 is 7.28.